The van der Waals surface area contributed by atoms with E-state index in [2.05, 4.69) is 6.92 Å². The summed E-state index contributed by atoms with van der Waals surface area (Å²) in [4.78, 5) is 0. The molecule has 34 heavy (non-hydrogen) atoms. The van der Waals surface area contributed by atoms with Gasteiger partial charge in [0.25, 0.3) is 0 Å². The molecule has 0 radical (unpaired) electrons. The largest absolute Gasteiger partial charge is 0.484 e. The first kappa shape index (κ1) is 25.1. The summed E-state index contributed by atoms with van der Waals surface area (Å²) in [7, 11) is 0. The van der Waals surface area contributed by atoms with Gasteiger partial charge in [0.15, 0.2) is 6.61 Å². The van der Waals surface area contributed by atoms with Crippen molar-refractivity contribution < 1.29 is 22.3 Å². The number of unbranched alkanes of at least 4 members (excludes halogenated alkanes) is 2. The van der Waals surface area contributed by atoms with E-state index >= 15 is 4.39 Å². The zero-order chi connectivity index (χ0) is 24.1. The van der Waals surface area contributed by atoms with Crippen molar-refractivity contribution in [2.24, 2.45) is 17.8 Å². The van der Waals surface area contributed by atoms with Crippen LogP contribution in [0, 0.1) is 23.6 Å². The minimum absolute atomic E-state index is 0.120. The van der Waals surface area contributed by atoms with Crippen molar-refractivity contribution in [2.45, 2.75) is 83.2 Å². The van der Waals surface area contributed by atoms with E-state index in [9.17, 15) is 13.2 Å². The van der Waals surface area contributed by atoms with Crippen LogP contribution in [0.1, 0.15) is 82.6 Å². The maximum atomic E-state index is 15.0. The highest BCUT2D eigenvalue weighted by molar-refractivity contribution is 5.65. The van der Waals surface area contributed by atoms with Gasteiger partial charge in [0, 0.05) is 5.56 Å². The van der Waals surface area contributed by atoms with Gasteiger partial charge in [-0.2, -0.15) is 13.2 Å². The molecule has 4 rings (SSSR count). The lowest BCUT2D eigenvalue weighted by Gasteiger charge is -2.42. The second-order valence-electron chi connectivity index (χ2n) is 10.4. The normalized spacial score (nSPS) is 25.1. The Morgan fingerprint density at radius 2 is 1.62 bits per heavy atom. The summed E-state index contributed by atoms with van der Waals surface area (Å²) in [6, 6.07) is 11.6. The highest BCUT2D eigenvalue weighted by Gasteiger charge is 2.36. The smallest absolute Gasteiger partial charge is 0.422 e. The number of alkyl halides is 3. The molecule has 2 aromatic rings. The average Bonchev–Trinajstić information content (AvgIpc) is 2.82. The fourth-order valence-corrected chi connectivity index (χ4v) is 6.15. The van der Waals surface area contributed by atoms with Gasteiger partial charge in [0.05, 0.1) is 0 Å². The van der Waals surface area contributed by atoms with Crippen LogP contribution in [0.2, 0.25) is 0 Å². The van der Waals surface area contributed by atoms with Crippen molar-refractivity contribution in [3.05, 3.63) is 53.8 Å². The fraction of sp³-hybridized carbons (Fsp3) is 0.586. The van der Waals surface area contributed by atoms with E-state index in [1.165, 1.54) is 63.5 Å². The van der Waals surface area contributed by atoms with E-state index in [1.54, 1.807) is 18.2 Å². The Kier molecular flexibility index (Phi) is 8.21. The van der Waals surface area contributed by atoms with E-state index in [1.807, 2.05) is 12.1 Å². The van der Waals surface area contributed by atoms with Gasteiger partial charge in [0.1, 0.15) is 11.6 Å². The SMILES string of the molecule is CCCCCC1CCC2CC(c3ccc(-c4ccc(OCC(F)(F)F)cc4)c(F)c3)CCC2C1. The summed E-state index contributed by atoms with van der Waals surface area (Å²) in [5, 5.41) is 0. The molecule has 0 N–H and O–H groups in total. The Bertz CT molecular complexity index is 921. The Labute approximate surface area is 200 Å². The zero-order valence-electron chi connectivity index (χ0n) is 20.0. The molecule has 186 valence electrons. The van der Waals surface area contributed by atoms with Gasteiger partial charge in [-0.25, -0.2) is 4.39 Å². The Morgan fingerprint density at radius 3 is 2.32 bits per heavy atom. The summed E-state index contributed by atoms with van der Waals surface area (Å²) in [5.41, 5.74) is 2.18. The number of hydrogen-bond acceptors (Lipinski definition) is 1. The molecule has 4 unspecified atom stereocenters. The van der Waals surface area contributed by atoms with Crippen LogP contribution in [0.5, 0.6) is 5.75 Å². The lowest BCUT2D eigenvalue weighted by Crippen LogP contribution is -2.30. The van der Waals surface area contributed by atoms with Gasteiger partial charge >= 0.3 is 6.18 Å². The van der Waals surface area contributed by atoms with Crippen molar-refractivity contribution in [1.29, 1.82) is 0 Å². The van der Waals surface area contributed by atoms with Gasteiger partial charge in [-0.1, -0.05) is 63.3 Å². The van der Waals surface area contributed by atoms with Crippen LogP contribution < -0.4 is 4.74 Å². The van der Waals surface area contributed by atoms with E-state index in [-0.39, 0.29) is 11.6 Å². The highest BCUT2D eigenvalue weighted by Crippen LogP contribution is 2.48. The van der Waals surface area contributed by atoms with Crippen molar-refractivity contribution in [2.75, 3.05) is 6.61 Å². The molecule has 0 heterocycles. The first-order chi connectivity index (χ1) is 16.3. The van der Waals surface area contributed by atoms with Crippen LogP contribution in [0.25, 0.3) is 11.1 Å². The monoisotopic (exact) mass is 476 g/mol. The highest BCUT2D eigenvalue weighted by atomic mass is 19.4. The third-order valence-electron chi connectivity index (χ3n) is 7.97. The minimum atomic E-state index is -4.38. The molecule has 2 fully saturated rings. The molecule has 2 aliphatic carbocycles. The number of hydrogen-bond donors (Lipinski definition) is 0. The van der Waals surface area contributed by atoms with Crippen molar-refractivity contribution in [3.8, 4) is 16.9 Å². The van der Waals surface area contributed by atoms with Gasteiger partial charge in [-0.15, -0.1) is 0 Å². The van der Waals surface area contributed by atoms with Crippen LogP contribution in [0.15, 0.2) is 42.5 Å². The van der Waals surface area contributed by atoms with E-state index < -0.39 is 12.8 Å². The fourth-order valence-electron chi connectivity index (χ4n) is 6.15. The molecule has 2 saturated carbocycles. The maximum Gasteiger partial charge on any atom is 0.422 e. The molecule has 0 saturated heterocycles. The van der Waals surface area contributed by atoms with E-state index in [4.69, 9.17) is 4.74 Å². The van der Waals surface area contributed by atoms with Crippen LogP contribution in [-0.4, -0.2) is 12.8 Å². The first-order valence-electron chi connectivity index (χ1n) is 12.9. The summed E-state index contributed by atoms with van der Waals surface area (Å²) < 4.78 is 56.8. The van der Waals surface area contributed by atoms with Gasteiger partial charge in [-0.05, 0) is 85.1 Å². The van der Waals surface area contributed by atoms with Crippen molar-refractivity contribution >= 4 is 0 Å². The number of halogens is 4. The number of ether oxygens (including phenoxy) is 1. The van der Waals surface area contributed by atoms with E-state index in [0.29, 0.717) is 17.0 Å². The number of benzene rings is 2. The standard InChI is InChI=1S/C29H36F4O/c1-2-3-4-5-20-6-7-23-17-24(9-8-22(23)16-20)25-12-15-27(28(30)18-25)21-10-13-26(14-11-21)34-19-29(31,32)33/h10-15,18,20,22-24H,2-9,16-17,19H2,1H3. The molecule has 1 nitrogen and oxygen atoms in total. The molecule has 0 aromatic heterocycles. The first-order valence-corrected chi connectivity index (χ1v) is 12.9. The summed E-state index contributed by atoms with van der Waals surface area (Å²) in [6.07, 6.45) is 8.63. The minimum Gasteiger partial charge on any atom is -0.484 e. The molecule has 0 bridgehead atoms. The predicted octanol–water partition coefficient (Wildman–Crippen LogP) is 9.31. The summed E-state index contributed by atoms with van der Waals surface area (Å²) in [5.74, 6) is 2.79. The molecule has 5 heteroatoms. The second-order valence-corrected chi connectivity index (χ2v) is 10.4. The molecule has 0 spiro atoms. The van der Waals surface area contributed by atoms with Gasteiger partial charge < -0.3 is 4.74 Å². The third-order valence-corrected chi connectivity index (χ3v) is 7.97. The molecule has 0 aliphatic heterocycles. The molecule has 4 atom stereocenters. The summed E-state index contributed by atoms with van der Waals surface area (Å²) >= 11 is 0. The molecule has 2 aliphatic rings. The van der Waals surface area contributed by atoms with Gasteiger partial charge in [-0.3, -0.25) is 0 Å². The summed E-state index contributed by atoms with van der Waals surface area (Å²) in [6.45, 7) is 0.930. The topological polar surface area (TPSA) is 9.23 Å². The van der Waals surface area contributed by atoms with Crippen LogP contribution >= 0.6 is 0 Å². The molecule has 2 aromatic carbocycles. The quantitative estimate of drug-likeness (QED) is 0.272. The molecule has 0 amide bonds. The van der Waals surface area contributed by atoms with Gasteiger partial charge in [0.2, 0.25) is 0 Å². The zero-order valence-corrected chi connectivity index (χ0v) is 20.0. The average molecular weight is 477 g/mol. The number of rotatable bonds is 8. The molecular formula is C29H36F4O. The van der Waals surface area contributed by atoms with Crippen LogP contribution in [-0.2, 0) is 0 Å². The maximum absolute atomic E-state index is 15.0. The Morgan fingerprint density at radius 1 is 0.882 bits per heavy atom. The predicted molar refractivity (Wildman–Crippen MR) is 128 cm³/mol. The number of fused-ring (bicyclic) bond motifs is 1. The van der Waals surface area contributed by atoms with Crippen molar-refractivity contribution in [3.63, 3.8) is 0 Å². The molecular weight excluding hydrogens is 440 g/mol. The van der Waals surface area contributed by atoms with E-state index in [0.717, 1.165) is 36.2 Å². The third kappa shape index (κ3) is 6.55. The van der Waals surface area contributed by atoms with Crippen molar-refractivity contribution in [1.82, 2.24) is 0 Å². The second kappa shape index (κ2) is 11.1. The lowest BCUT2D eigenvalue weighted by atomic mass is 9.63. The Balaban J connectivity index is 1.35. The van der Waals surface area contributed by atoms with Crippen LogP contribution in [0.3, 0.4) is 0 Å². The lowest BCUT2D eigenvalue weighted by molar-refractivity contribution is -0.153. The Hall–Kier alpha value is -2.04. The van der Waals surface area contributed by atoms with Crippen LogP contribution in [0.4, 0.5) is 17.6 Å².